The van der Waals surface area contributed by atoms with Gasteiger partial charge in [0, 0.05) is 6.92 Å². The summed E-state index contributed by atoms with van der Waals surface area (Å²) in [7, 11) is 0. The Morgan fingerprint density at radius 1 is 1.77 bits per heavy atom. The molecule has 0 spiro atoms. The van der Waals surface area contributed by atoms with Gasteiger partial charge in [-0.05, 0) is 18.2 Å². The van der Waals surface area contributed by atoms with Crippen LogP contribution in [-0.2, 0) is 6.42 Å². The van der Waals surface area contributed by atoms with Gasteiger partial charge in [-0.2, -0.15) is 0 Å². The zero-order chi connectivity index (χ0) is 9.68. The van der Waals surface area contributed by atoms with Crippen molar-refractivity contribution in [3.8, 4) is 0 Å². The number of hydrogen-bond acceptors (Lipinski definition) is 2. The lowest BCUT2D eigenvalue weighted by Gasteiger charge is -2.04. The summed E-state index contributed by atoms with van der Waals surface area (Å²) in [5.74, 6) is 0.831. The second kappa shape index (κ2) is 4.50. The molecule has 0 N–H and O–H groups in total. The molecule has 0 saturated heterocycles. The highest BCUT2D eigenvalue weighted by Gasteiger charge is 2.01. The third-order valence-corrected chi connectivity index (χ3v) is 1.83. The maximum atomic E-state index is 11.2. The second-order valence-corrected chi connectivity index (χ2v) is 2.78. The Labute approximate surface area is 77.6 Å². The van der Waals surface area contributed by atoms with E-state index in [9.17, 15) is 5.21 Å². The molecule has 0 aliphatic heterocycles. The van der Waals surface area contributed by atoms with Crippen molar-refractivity contribution >= 4 is 5.71 Å². The Kier molecular flexibility index (Phi) is 3.31. The lowest BCUT2D eigenvalue weighted by Crippen LogP contribution is -2.13. The van der Waals surface area contributed by atoms with Crippen LogP contribution in [0, 0.1) is 5.21 Å². The van der Waals surface area contributed by atoms with Gasteiger partial charge in [0.2, 0.25) is 0 Å². The molecule has 3 nitrogen and oxygen atoms in total. The van der Waals surface area contributed by atoms with Gasteiger partial charge in [-0.1, -0.05) is 6.58 Å². The highest BCUT2D eigenvalue weighted by Crippen LogP contribution is 2.00. The minimum atomic E-state index is 0.408. The van der Waals surface area contributed by atoms with Gasteiger partial charge in [0.15, 0.2) is 12.3 Å². The summed E-state index contributed by atoms with van der Waals surface area (Å²) in [6.07, 6.45) is 3.78. The van der Waals surface area contributed by atoms with Gasteiger partial charge in [-0.3, -0.25) is 0 Å². The summed E-state index contributed by atoms with van der Waals surface area (Å²) in [5, 5.41) is 11.2. The maximum Gasteiger partial charge on any atom is 0.183 e. The van der Waals surface area contributed by atoms with Crippen LogP contribution in [0.15, 0.2) is 35.5 Å². The first kappa shape index (κ1) is 9.58. The van der Waals surface area contributed by atoms with Crippen molar-refractivity contribution in [3.63, 3.8) is 0 Å². The van der Waals surface area contributed by atoms with Gasteiger partial charge in [0.1, 0.15) is 5.76 Å². The van der Waals surface area contributed by atoms with Crippen LogP contribution in [-0.4, -0.2) is 17.0 Å². The van der Waals surface area contributed by atoms with Crippen LogP contribution in [0.5, 0.6) is 0 Å². The largest absolute Gasteiger partial charge is 0.624 e. The lowest BCUT2D eigenvalue weighted by molar-refractivity contribution is -0.457. The molecule has 0 saturated carbocycles. The molecule has 3 heteroatoms. The molecule has 1 rings (SSSR count). The Morgan fingerprint density at radius 3 is 3.08 bits per heavy atom. The molecule has 1 aromatic rings. The Hall–Kier alpha value is -1.51. The van der Waals surface area contributed by atoms with Crippen LogP contribution in [0.25, 0.3) is 0 Å². The summed E-state index contributed by atoms with van der Waals surface area (Å²) in [6.45, 7) is 5.67. The predicted octanol–water partition coefficient (Wildman–Crippen LogP) is 1.98. The summed E-state index contributed by atoms with van der Waals surface area (Å²) < 4.78 is 6.01. The molecule has 0 unspecified atom stereocenters. The SMILES string of the molecule is C=C/C(C)=[N+](/[O-])CCc1ccco1. The van der Waals surface area contributed by atoms with Crippen molar-refractivity contribution in [1.82, 2.24) is 0 Å². The minimum Gasteiger partial charge on any atom is -0.624 e. The Morgan fingerprint density at radius 2 is 2.54 bits per heavy atom. The topological polar surface area (TPSA) is 39.2 Å². The van der Waals surface area contributed by atoms with E-state index < -0.39 is 0 Å². The number of hydrogen-bond donors (Lipinski definition) is 0. The van der Waals surface area contributed by atoms with Gasteiger partial charge in [0.05, 0.1) is 12.7 Å². The first-order valence-electron chi connectivity index (χ1n) is 4.17. The molecule has 0 aliphatic rings. The predicted molar refractivity (Wildman–Crippen MR) is 51.8 cm³/mol. The van der Waals surface area contributed by atoms with E-state index in [1.54, 1.807) is 19.3 Å². The molecule has 0 aromatic carbocycles. The van der Waals surface area contributed by atoms with Gasteiger partial charge in [0.25, 0.3) is 0 Å². The molecule has 0 radical (unpaired) electrons. The molecule has 0 bridgehead atoms. The molecular formula is C10H13NO2. The molecule has 70 valence electrons. The smallest absolute Gasteiger partial charge is 0.183 e. The average molecular weight is 179 g/mol. The van der Waals surface area contributed by atoms with Gasteiger partial charge < -0.3 is 9.62 Å². The monoisotopic (exact) mass is 179 g/mol. The average Bonchev–Trinajstić information content (AvgIpc) is 2.65. The van der Waals surface area contributed by atoms with E-state index in [4.69, 9.17) is 4.42 Å². The fourth-order valence-electron chi connectivity index (χ4n) is 0.945. The van der Waals surface area contributed by atoms with Crippen LogP contribution >= 0.6 is 0 Å². The van der Waals surface area contributed by atoms with E-state index in [0.717, 1.165) is 10.5 Å². The Balaban J connectivity index is 2.48. The van der Waals surface area contributed by atoms with E-state index in [1.165, 1.54) is 0 Å². The second-order valence-electron chi connectivity index (χ2n) is 2.78. The quantitative estimate of drug-likeness (QED) is 0.307. The highest BCUT2D eigenvalue weighted by atomic mass is 16.5. The fraction of sp³-hybridized carbons (Fsp3) is 0.300. The van der Waals surface area contributed by atoms with Crippen LogP contribution in [0.1, 0.15) is 12.7 Å². The third kappa shape index (κ3) is 2.78. The number of furan rings is 1. The van der Waals surface area contributed by atoms with Crippen molar-refractivity contribution < 1.29 is 9.16 Å². The fourth-order valence-corrected chi connectivity index (χ4v) is 0.945. The molecule has 1 heterocycles. The molecular weight excluding hydrogens is 166 g/mol. The zero-order valence-electron chi connectivity index (χ0n) is 7.69. The standard InChI is InChI=1S/C10H13NO2/c1-3-9(2)11(12)7-6-10-5-4-8-13-10/h3-5,8H,1,6-7H2,2H3/b11-9+. The molecule has 0 atom stereocenters. The van der Waals surface area contributed by atoms with E-state index in [1.807, 2.05) is 12.1 Å². The zero-order valence-corrected chi connectivity index (χ0v) is 7.69. The first-order valence-corrected chi connectivity index (χ1v) is 4.17. The van der Waals surface area contributed by atoms with Gasteiger partial charge >= 0.3 is 0 Å². The van der Waals surface area contributed by atoms with Crippen LogP contribution in [0.4, 0.5) is 0 Å². The summed E-state index contributed by atoms with van der Waals surface area (Å²) in [5.41, 5.74) is 0.631. The van der Waals surface area contributed by atoms with Gasteiger partial charge in [-0.15, -0.1) is 0 Å². The van der Waals surface area contributed by atoms with Crippen molar-refractivity contribution in [2.24, 2.45) is 0 Å². The van der Waals surface area contributed by atoms with E-state index in [-0.39, 0.29) is 0 Å². The molecule has 0 amide bonds. The normalized spacial score (nSPS) is 12.4. The van der Waals surface area contributed by atoms with Crippen molar-refractivity contribution in [1.29, 1.82) is 0 Å². The molecule has 1 aromatic heterocycles. The van der Waals surface area contributed by atoms with E-state index in [0.29, 0.717) is 18.7 Å². The number of nitrogens with zero attached hydrogens (tertiary/aromatic N) is 1. The molecule has 0 fully saturated rings. The lowest BCUT2D eigenvalue weighted by atomic mass is 10.3. The minimum absolute atomic E-state index is 0.408. The summed E-state index contributed by atoms with van der Waals surface area (Å²) >= 11 is 0. The van der Waals surface area contributed by atoms with E-state index in [2.05, 4.69) is 6.58 Å². The van der Waals surface area contributed by atoms with Gasteiger partial charge in [-0.25, -0.2) is 4.74 Å². The molecule has 0 aliphatic carbocycles. The summed E-state index contributed by atoms with van der Waals surface area (Å²) in [4.78, 5) is 0. The highest BCUT2D eigenvalue weighted by molar-refractivity contribution is 5.87. The maximum absolute atomic E-state index is 11.2. The van der Waals surface area contributed by atoms with Crippen molar-refractivity contribution in [3.05, 3.63) is 42.0 Å². The third-order valence-electron chi connectivity index (χ3n) is 1.83. The van der Waals surface area contributed by atoms with Crippen LogP contribution in [0.3, 0.4) is 0 Å². The number of hydroxylamine groups is 1. The van der Waals surface area contributed by atoms with Crippen LogP contribution in [0.2, 0.25) is 0 Å². The van der Waals surface area contributed by atoms with E-state index >= 15 is 0 Å². The number of rotatable bonds is 4. The van der Waals surface area contributed by atoms with Crippen LogP contribution < -0.4 is 0 Å². The summed E-state index contributed by atoms with van der Waals surface area (Å²) in [6, 6.07) is 3.67. The first-order chi connectivity index (χ1) is 6.24. The number of allylic oxidation sites excluding steroid dienone is 1. The Bertz CT molecular complexity index is 299. The van der Waals surface area contributed by atoms with Crippen molar-refractivity contribution in [2.45, 2.75) is 13.3 Å². The van der Waals surface area contributed by atoms with Crippen molar-refractivity contribution in [2.75, 3.05) is 6.54 Å². The molecule has 13 heavy (non-hydrogen) atoms.